The molecule has 78 valence electrons. The van der Waals surface area contributed by atoms with Crippen molar-refractivity contribution < 1.29 is 4.73 Å². The van der Waals surface area contributed by atoms with Crippen LogP contribution in [0.5, 0.6) is 0 Å². The van der Waals surface area contributed by atoms with Crippen molar-refractivity contribution in [3.8, 4) is 0 Å². The Morgan fingerprint density at radius 1 is 1.67 bits per heavy atom. The monoisotopic (exact) mass is 207 g/mol. The number of nitrogens with zero attached hydrogens (tertiary/aromatic N) is 3. The molecule has 0 unspecified atom stereocenters. The number of nitrogens with two attached hydrogens (primary N) is 1. The fourth-order valence-electron chi connectivity index (χ4n) is 1.70. The molecule has 3 rings (SSSR count). The van der Waals surface area contributed by atoms with Gasteiger partial charge in [0.1, 0.15) is 6.04 Å². The summed E-state index contributed by atoms with van der Waals surface area (Å²) >= 11 is 0. The van der Waals surface area contributed by atoms with Crippen molar-refractivity contribution in [2.24, 2.45) is 0 Å². The predicted molar refractivity (Wildman–Crippen MR) is 52.0 cm³/mol. The summed E-state index contributed by atoms with van der Waals surface area (Å²) in [4.78, 5) is 17.8. The molecule has 1 saturated carbocycles. The molecule has 0 amide bonds. The molecule has 1 fully saturated rings. The fraction of sp³-hybridized carbons (Fsp3) is 0.375. The Balaban J connectivity index is 2.43. The maximum absolute atomic E-state index is 11.5. The number of nitrogen functional groups attached to an aromatic ring is 1. The lowest BCUT2D eigenvalue weighted by Gasteiger charge is -1.94. The van der Waals surface area contributed by atoms with E-state index in [0.29, 0.717) is 10.4 Å². The topological polar surface area (TPSA) is 104 Å². The lowest BCUT2D eigenvalue weighted by molar-refractivity contribution is -0.578. The third-order valence-corrected chi connectivity index (χ3v) is 2.53. The van der Waals surface area contributed by atoms with Crippen LogP contribution in [0.15, 0.2) is 11.1 Å². The first-order valence-electron chi connectivity index (χ1n) is 4.66. The molecule has 2 aromatic rings. The van der Waals surface area contributed by atoms with Crippen molar-refractivity contribution in [2.75, 3.05) is 5.73 Å². The molecule has 1 aliphatic rings. The number of hydrogen-bond acceptors (Lipinski definition) is 4. The minimum Gasteiger partial charge on any atom is -0.710 e. The normalized spacial score (nSPS) is 16.0. The first kappa shape index (κ1) is 8.27. The number of aromatic nitrogens is 4. The first-order valence-corrected chi connectivity index (χ1v) is 4.66. The Hall–Kier alpha value is -2.05. The maximum atomic E-state index is 11.5. The second-order valence-electron chi connectivity index (χ2n) is 3.70. The van der Waals surface area contributed by atoms with Gasteiger partial charge in [0.25, 0.3) is 11.2 Å². The van der Waals surface area contributed by atoms with E-state index in [4.69, 9.17) is 5.73 Å². The highest BCUT2D eigenvalue weighted by Crippen LogP contribution is 2.35. The van der Waals surface area contributed by atoms with Gasteiger partial charge < -0.3 is 10.9 Å². The van der Waals surface area contributed by atoms with E-state index in [1.165, 1.54) is 6.33 Å². The summed E-state index contributed by atoms with van der Waals surface area (Å²) in [6, 6.07) is 0.288. The smallest absolute Gasteiger partial charge is 0.304 e. The van der Waals surface area contributed by atoms with Crippen LogP contribution in [0, 0.1) is 5.21 Å². The summed E-state index contributed by atoms with van der Waals surface area (Å²) < 4.78 is 2.26. The van der Waals surface area contributed by atoms with Crippen LogP contribution >= 0.6 is 0 Å². The molecule has 2 aromatic heterocycles. The highest BCUT2D eigenvalue weighted by molar-refractivity contribution is 5.67. The van der Waals surface area contributed by atoms with Crippen molar-refractivity contribution in [2.45, 2.75) is 18.9 Å². The van der Waals surface area contributed by atoms with Crippen molar-refractivity contribution in [1.82, 2.24) is 14.5 Å². The molecule has 0 saturated heterocycles. The zero-order chi connectivity index (χ0) is 10.6. The number of rotatable bonds is 1. The zero-order valence-electron chi connectivity index (χ0n) is 7.80. The highest BCUT2D eigenvalue weighted by atomic mass is 16.5. The van der Waals surface area contributed by atoms with Gasteiger partial charge in [-0.1, -0.05) is 0 Å². The Morgan fingerprint density at radius 3 is 3.07 bits per heavy atom. The molecule has 1 aliphatic carbocycles. The summed E-state index contributed by atoms with van der Waals surface area (Å²) in [5, 5.41) is 11.5. The molecule has 15 heavy (non-hydrogen) atoms. The van der Waals surface area contributed by atoms with Crippen LogP contribution in [-0.2, 0) is 0 Å². The van der Waals surface area contributed by atoms with E-state index in [2.05, 4.69) is 9.97 Å². The number of anilines is 1. The minimum absolute atomic E-state index is 0.0242. The number of aromatic amines is 1. The van der Waals surface area contributed by atoms with Gasteiger partial charge >= 0.3 is 5.56 Å². The molecule has 0 radical (unpaired) electrons. The molecule has 0 bridgehead atoms. The molecule has 0 aromatic carbocycles. The van der Waals surface area contributed by atoms with Crippen LogP contribution in [0.4, 0.5) is 5.95 Å². The SMILES string of the molecule is Nc1nc2c(c(=O)[nH]1)[n+]([O-])cn2C1CC1. The summed E-state index contributed by atoms with van der Waals surface area (Å²) in [6.07, 6.45) is 3.38. The number of H-pyrrole nitrogens is 1. The molecule has 2 heterocycles. The van der Waals surface area contributed by atoms with E-state index in [1.54, 1.807) is 4.57 Å². The van der Waals surface area contributed by atoms with Crippen LogP contribution in [0.25, 0.3) is 11.2 Å². The van der Waals surface area contributed by atoms with E-state index < -0.39 is 5.56 Å². The molecule has 0 spiro atoms. The average molecular weight is 207 g/mol. The van der Waals surface area contributed by atoms with E-state index in [-0.39, 0.29) is 17.5 Å². The molecule has 0 atom stereocenters. The van der Waals surface area contributed by atoms with Gasteiger partial charge in [-0.05, 0) is 12.8 Å². The predicted octanol–water partition coefficient (Wildman–Crippen LogP) is -0.725. The number of fused-ring (bicyclic) bond motifs is 1. The quantitative estimate of drug-likeness (QED) is 0.475. The molecule has 7 nitrogen and oxygen atoms in total. The standard InChI is InChI=1S/C8H9N5O2/c9-8-10-6-5(7(14)11-8)13(15)3-12(6)4-1-2-4/h3-4H,1-2H2,(H3,9,10,11,14). The third-order valence-electron chi connectivity index (χ3n) is 2.53. The lowest BCUT2D eigenvalue weighted by atomic mass is 10.5. The van der Waals surface area contributed by atoms with Crippen molar-refractivity contribution >= 4 is 17.1 Å². The Bertz CT molecular complexity index is 595. The second-order valence-corrected chi connectivity index (χ2v) is 3.70. The Morgan fingerprint density at radius 2 is 2.40 bits per heavy atom. The van der Waals surface area contributed by atoms with Gasteiger partial charge in [0.2, 0.25) is 12.3 Å². The van der Waals surface area contributed by atoms with Crippen LogP contribution in [0.3, 0.4) is 0 Å². The van der Waals surface area contributed by atoms with Crippen LogP contribution in [0.2, 0.25) is 0 Å². The number of hydrogen-bond donors (Lipinski definition) is 2. The largest absolute Gasteiger partial charge is 0.710 e. The fourth-order valence-corrected chi connectivity index (χ4v) is 1.70. The molecule has 3 N–H and O–H groups in total. The molecular formula is C8H9N5O2. The molecule has 0 aliphatic heterocycles. The van der Waals surface area contributed by atoms with Crippen molar-refractivity contribution in [3.63, 3.8) is 0 Å². The summed E-state index contributed by atoms with van der Waals surface area (Å²) in [5.74, 6) is 0.0353. The van der Waals surface area contributed by atoms with E-state index in [9.17, 15) is 10.0 Å². The van der Waals surface area contributed by atoms with E-state index >= 15 is 0 Å². The van der Waals surface area contributed by atoms with Gasteiger partial charge in [-0.25, -0.2) is 9.30 Å². The summed E-state index contributed by atoms with van der Waals surface area (Å²) in [5.41, 5.74) is 5.33. The van der Waals surface area contributed by atoms with Crippen LogP contribution in [-0.4, -0.2) is 14.5 Å². The first-order chi connectivity index (χ1) is 7.16. The van der Waals surface area contributed by atoms with Gasteiger partial charge in [0, 0.05) is 0 Å². The van der Waals surface area contributed by atoms with Crippen molar-refractivity contribution in [3.05, 3.63) is 21.9 Å². The zero-order valence-corrected chi connectivity index (χ0v) is 7.80. The van der Waals surface area contributed by atoms with Crippen LogP contribution in [0.1, 0.15) is 18.9 Å². The summed E-state index contributed by atoms with van der Waals surface area (Å²) in [6.45, 7) is 0. The number of imidazole rings is 1. The van der Waals surface area contributed by atoms with E-state index in [1.807, 2.05) is 0 Å². The average Bonchev–Trinajstić information content (AvgIpc) is 2.92. The third kappa shape index (κ3) is 1.09. The Labute approximate surface area is 83.7 Å². The number of nitrogens with one attached hydrogen (secondary N) is 1. The van der Waals surface area contributed by atoms with Gasteiger partial charge in [-0.3, -0.25) is 9.78 Å². The maximum Gasteiger partial charge on any atom is 0.304 e. The van der Waals surface area contributed by atoms with Crippen molar-refractivity contribution in [1.29, 1.82) is 0 Å². The second kappa shape index (κ2) is 2.50. The van der Waals surface area contributed by atoms with Gasteiger partial charge in [0.05, 0.1) is 0 Å². The lowest BCUT2D eigenvalue weighted by Crippen LogP contribution is -2.29. The molecule has 7 heteroatoms. The van der Waals surface area contributed by atoms with Gasteiger partial charge in [-0.15, -0.1) is 0 Å². The van der Waals surface area contributed by atoms with Gasteiger partial charge in [-0.2, -0.15) is 4.98 Å². The van der Waals surface area contributed by atoms with Crippen LogP contribution < -0.4 is 16.0 Å². The molecular weight excluding hydrogens is 198 g/mol. The summed E-state index contributed by atoms with van der Waals surface area (Å²) in [7, 11) is 0. The van der Waals surface area contributed by atoms with Gasteiger partial charge in [0.15, 0.2) is 0 Å². The van der Waals surface area contributed by atoms with E-state index in [0.717, 1.165) is 12.8 Å². The minimum atomic E-state index is -0.494. The highest BCUT2D eigenvalue weighted by Gasteiger charge is 2.33. The Kier molecular flexibility index (Phi) is 1.38.